The Morgan fingerprint density at radius 3 is 2.13 bits per heavy atom. The van der Waals surface area contributed by atoms with Crippen LogP contribution in [0, 0.1) is 10.7 Å². The van der Waals surface area contributed by atoms with Crippen LogP contribution in [0.25, 0.3) is 0 Å². The van der Waals surface area contributed by atoms with Gasteiger partial charge in [-0.15, -0.1) is 0 Å². The zero-order chi connectivity index (χ0) is 18.0. The number of carbonyl (C=O) groups excluding carboxylic acids is 2. The lowest BCUT2D eigenvalue weighted by atomic mass is 9.89. The minimum absolute atomic E-state index is 0.127. The predicted molar refractivity (Wildman–Crippen MR) is 103 cm³/mol. The first-order valence-electron chi connectivity index (χ1n) is 6.49. The quantitative estimate of drug-likeness (QED) is 0.266. The highest BCUT2D eigenvalue weighted by molar-refractivity contribution is 14.1. The van der Waals surface area contributed by atoms with Gasteiger partial charge in [0.1, 0.15) is 5.97 Å². The van der Waals surface area contributed by atoms with E-state index in [4.69, 9.17) is 4.74 Å². The van der Waals surface area contributed by atoms with Crippen molar-refractivity contribution in [3.63, 3.8) is 0 Å². The maximum Gasteiger partial charge on any atom is 0.340 e. The highest BCUT2D eigenvalue weighted by Crippen LogP contribution is 2.39. The van der Waals surface area contributed by atoms with E-state index in [1.165, 1.54) is 19.9 Å². The number of aliphatic carboxylic acids is 1. The fourth-order valence-electron chi connectivity index (χ4n) is 2.03. The van der Waals surface area contributed by atoms with Crippen LogP contribution >= 0.6 is 67.8 Å². The van der Waals surface area contributed by atoms with Gasteiger partial charge in [-0.25, -0.2) is 4.79 Å². The molecule has 0 atom stereocenters. The molecule has 0 heterocycles. The van der Waals surface area contributed by atoms with Gasteiger partial charge < -0.3 is 14.6 Å². The molecule has 1 aromatic rings. The first-order valence-corrected chi connectivity index (χ1v) is 9.73. The third kappa shape index (κ3) is 4.25. The van der Waals surface area contributed by atoms with E-state index < -0.39 is 23.5 Å². The van der Waals surface area contributed by atoms with Gasteiger partial charge in [-0.1, -0.05) is 13.8 Å². The summed E-state index contributed by atoms with van der Waals surface area (Å²) in [5.41, 5.74) is -2.32. The van der Waals surface area contributed by atoms with E-state index in [1.54, 1.807) is 0 Å². The lowest BCUT2D eigenvalue weighted by Gasteiger charge is -2.38. The van der Waals surface area contributed by atoms with Gasteiger partial charge in [0.05, 0.1) is 5.56 Å². The van der Waals surface area contributed by atoms with Crippen molar-refractivity contribution in [1.82, 2.24) is 0 Å². The molecule has 0 spiro atoms. The number of alkyl halides is 2. The molecule has 4 nitrogen and oxygen atoms in total. The van der Waals surface area contributed by atoms with Crippen LogP contribution in [0.2, 0.25) is 0 Å². The zero-order valence-corrected chi connectivity index (χ0v) is 18.6. The van der Waals surface area contributed by atoms with Gasteiger partial charge in [-0.05, 0) is 92.7 Å². The third-order valence-corrected chi connectivity index (χ3v) is 7.14. The van der Waals surface area contributed by atoms with Crippen molar-refractivity contribution in [3.05, 3.63) is 28.4 Å². The van der Waals surface area contributed by atoms with E-state index in [0.717, 1.165) is 7.14 Å². The summed E-state index contributed by atoms with van der Waals surface area (Å²) in [4.78, 5) is 23.2. The molecular formula is C14H12F2I3O4-. The molecule has 128 valence electrons. The molecule has 0 aromatic heterocycles. The summed E-state index contributed by atoms with van der Waals surface area (Å²) in [7, 11) is 0. The van der Waals surface area contributed by atoms with E-state index in [2.05, 4.69) is 0 Å². The molecule has 0 saturated heterocycles. The summed E-state index contributed by atoms with van der Waals surface area (Å²) in [6.07, 6.45) is -0.707. The highest BCUT2D eigenvalue weighted by atomic mass is 127. The number of hydrogen-bond donors (Lipinski definition) is 0. The summed E-state index contributed by atoms with van der Waals surface area (Å²) in [5, 5.41) is 10.8. The standard InChI is InChI=1S/C14H13F2I3O4/c1-3-13(4-2,14(15,16)12(21)22)23-11(20)8-5-7(17)6-9(18)10(8)19/h5-6H,3-4H2,1-2H3,(H,21,22)/p-1. The van der Waals surface area contributed by atoms with Crippen LogP contribution in [0.15, 0.2) is 12.1 Å². The van der Waals surface area contributed by atoms with E-state index in [0.29, 0.717) is 3.57 Å². The topological polar surface area (TPSA) is 66.4 Å². The number of benzene rings is 1. The molecule has 0 aliphatic carbocycles. The number of esters is 1. The van der Waals surface area contributed by atoms with Gasteiger partial charge >= 0.3 is 11.9 Å². The monoisotopic (exact) mass is 663 g/mol. The van der Waals surface area contributed by atoms with Crippen LogP contribution in [0.4, 0.5) is 8.78 Å². The molecule has 0 fully saturated rings. The van der Waals surface area contributed by atoms with Crippen molar-refractivity contribution in [1.29, 1.82) is 0 Å². The molecule has 9 heteroatoms. The average molecular weight is 663 g/mol. The van der Waals surface area contributed by atoms with Crippen molar-refractivity contribution in [2.75, 3.05) is 0 Å². The van der Waals surface area contributed by atoms with Gasteiger partial charge in [0.25, 0.3) is 0 Å². The molecular weight excluding hydrogens is 651 g/mol. The Balaban J connectivity index is 3.31. The minimum atomic E-state index is -4.29. The van der Waals surface area contributed by atoms with Gasteiger partial charge in [0.2, 0.25) is 0 Å². The molecule has 0 N–H and O–H groups in total. The Morgan fingerprint density at radius 2 is 1.70 bits per heavy atom. The number of carbonyl (C=O) groups is 2. The van der Waals surface area contributed by atoms with Gasteiger partial charge in [0, 0.05) is 10.7 Å². The van der Waals surface area contributed by atoms with Crippen molar-refractivity contribution in [3.8, 4) is 0 Å². The average Bonchev–Trinajstić information content (AvgIpc) is 2.47. The summed E-state index contributed by atoms with van der Waals surface area (Å²) in [5.74, 6) is -7.82. The number of rotatable bonds is 6. The SMILES string of the molecule is CCC(CC)(OC(=O)c1cc(I)cc(I)c1I)C(F)(F)C(=O)[O-]. The smallest absolute Gasteiger partial charge is 0.340 e. The normalized spacial score (nSPS) is 12.1. The largest absolute Gasteiger partial charge is 0.544 e. The maximum absolute atomic E-state index is 14.1. The van der Waals surface area contributed by atoms with Crippen LogP contribution in [0.3, 0.4) is 0 Å². The van der Waals surface area contributed by atoms with Gasteiger partial charge in [-0.3, -0.25) is 0 Å². The van der Waals surface area contributed by atoms with Crippen molar-refractivity contribution in [2.24, 2.45) is 0 Å². The molecule has 0 bridgehead atoms. The van der Waals surface area contributed by atoms with E-state index >= 15 is 0 Å². The van der Waals surface area contributed by atoms with E-state index in [1.807, 2.05) is 73.8 Å². The molecule has 0 aliphatic rings. The van der Waals surface area contributed by atoms with Gasteiger partial charge in [0.15, 0.2) is 5.60 Å². The molecule has 1 aromatic carbocycles. The lowest BCUT2D eigenvalue weighted by Crippen LogP contribution is -2.59. The predicted octanol–water partition coefficient (Wildman–Crippen LogP) is 3.60. The molecule has 1 rings (SSSR count). The Labute approximate surface area is 173 Å². The van der Waals surface area contributed by atoms with Crippen molar-refractivity contribution >= 4 is 79.7 Å². The van der Waals surface area contributed by atoms with Crippen LogP contribution in [-0.4, -0.2) is 23.5 Å². The molecule has 0 aliphatic heterocycles. The second kappa shape index (κ2) is 8.06. The Morgan fingerprint density at radius 1 is 1.17 bits per heavy atom. The Bertz CT molecular complexity index is 631. The summed E-state index contributed by atoms with van der Waals surface area (Å²) >= 11 is 5.93. The Hall–Kier alpha value is 0.210. The number of halogens is 5. The summed E-state index contributed by atoms with van der Waals surface area (Å²) in [6.45, 7) is 2.69. The fourth-order valence-corrected chi connectivity index (χ4v) is 4.40. The van der Waals surface area contributed by atoms with Crippen LogP contribution in [0.1, 0.15) is 37.0 Å². The van der Waals surface area contributed by atoms with Crippen molar-refractivity contribution < 1.29 is 28.2 Å². The number of ether oxygens (including phenoxy) is 1. The fraction of sp³-hybridized carbons (Fsp3) is 0.429. The van der Waals surface area contributed by atoms with Crippen LogP contribution in [-0.2, 0) is 9.53 Å². The van der Waals surface area contributed by atoms with Crippen LogP contribution < -0.4 is 5.11 Å². The molecule has 23 heavy (non-hydrogen) atoms. The maximum atomic E-state index is 14.1. The second-order valence-corrected chi connectivity index (χ2v) is 8.19. The minimum Gasteiger partial charge on any atom is -0.544 e. The first kappa shape index (κ1) is 21.3. The highest BCUT2D eigenvalue weighted by Gasteiger charge is 2.56. The molecule has 0 saturated carbocycles. The molecule has 0 unspecified atom stereocenters. The van der Waals surface area contributed by atoms with Gasteiger partial charge in [-0.2, -0.15) is 8.78 Å². The number of carboxylic acids is 1. The summed E-state index contributed by atoms with van der Waals surface area (Å²) in [6, 6.07) is 3.34. The number of carboxylic acid groups (broad SMARTS) is 1. The zero-order valence-electron chi connectivity index (χ0n) is 12.1. The first-order chi connectivity index (χ1) is 10.5. The molecule has 0 radical (unpaired) electrons. The second-order valence-electron chi connectivity index (χ2n) is 4.70. The van der Waals surface area contributed by atoms with Crippen molar-refractivity contribution in [2.45, 2.75) is 38.2 Å². The van der Waals surface area contributed by atoms with Crippen LogP contribution in [0.5, 0.6) is 0 Å². The van der Waals surface area contributed by atoms with E-state index in [-0.39, 0.29) is 18.4 Å². The third-order valence-electron chi connectivity index (χ3n) is 3.47. The summed E-state index contributed by atoms with van der Waals surface area (Å²) < 4.78 is 35.2. The Kier molecular flexibility index (Phi) is 7.45. The van der Waals surface area contributed by atoms with E-state index in [9.17, 15) is 23.5 Å². The molecule has 0 amide bonds. The lowest BCUT2D eigenvalue weighted by molar-refractivity contribution is -0.344. The number of hydrogen-bond acceptors (Lipinski definition) is 4.